The van der Waals surface area contributed by atoms with Crippen molar-refractivity contribution >= 4 is 33.6 Å². The van der Waals surface area contributed by atoms with Gasteiger partial charge >= 0.3 is 12.0 Å². The molecule has 0 unspecified atom stereocenters. The minimum absolute atomic E-state index is 0.0651. The highest BCUT2D eigenvalue weighted by atomic mass is 79.9. The molecule has 0 atom stereocenters. The number of anilines is 1. The van der Waals surface area contributed by atoms with Crippen molar-refractivity contribution in [3.63, 3.8) is 0 Å². The first-order valence-corrected chi connectivity index (χ1v) is 7.94. The third-order valence-electron chi connectivity index (χ3n) is 3.80. The molecule has 5 nitrogen and oxygen atoms in total. The topological polar surface area (TPSA) is 78.4 Å². The van der Waals surface area contributed by atoms with Crippen molar-refractivity contribution in [2.45, 2.75) is 32.1 Å². The van der Waals surface area contributed by atoms with Crippen molar-refractivity contribution in [2.75, 3.05) is 11.9 Å². The Kier molecular flexibility index (Phi) is 5.61. The molecule has 3 N–H and O–H groups in total. The van der Waals surface area contributed by atoms with Gasteiger partial charge in [0.1, 0.15) is 0 Å². The van der Waals surface area contributed by atoms with Crippen LogP contribution in [0, 0.1) is 5.92 Å². The number of amides is 2. The number of carbonyl (C=O) groups is 2. The normalized spacial score (nSPS) is 14.9. The van der Waals surface area contributed by atoms with Crippen LogP contribution < -0.4 is 10.6 Å². The second kappa shape index (κ2) is 7.45. The molecule has 0 spiro atoms. The Labute approximate surface area is 132 Å². The molecule has 6 heteroatoms. The fraction of sp³-hybridized carbons (Fsp3) is 0.467. The van der Waals surface area contributed by atoms with E-state index in [-0.39, 0.29) is 17.3 Å². The maximum atomic E-state index is 11.9. The maximum Gasteiger partial charge on any atom is 0.337 e. The summed E-state index contributed by atoms with van der Waals surface area (Å²) in [5, 5.41) is 14.5. The molecule has 1 saturated carbocycles. The Balaban J connectivity index is 1.88. The number of hydrogen-bond acceptors (Lipinski definition) is 2. The molecule has 1 aliphatic carbocycles. The van der Waals surface area contributed by atoms with Crippen LogP contribution in [0.25, 0.3) is 0 Å². The van der Waals surface area contributed by atoms with E-state index < -0.39 is 5.97 Å². The van der Waals surface area contributed by atoms with Crippen molar-refractivity contribution < 1.29 is 14.7 Å². The van der Waals surface area contributed by atoms with E-state index in [0.29, 0.717) is 16.9 Å². The minimum Gasteiger partial charge on any atom is -0.478 e. The lowest BCUT2D eigenvalue weighted by Crippen LogP contribution is -2.31. The summed E-state index contributed by atoms with van der Waals surface area (Å²) in [5.41, 5.74) is 0.346. The number of carboxylic acid groups (broad SMARTS) is 1. The lowest BCUT2D eigenvalue weighted by atomic mass is 10.0. The number of benzene rings is 1. The predicted molar refractivity (Wildman–Crippen MR) is 84.7 cm³/mol. The molecule has 0 saturated heterocycles. The van der Waals surface area contributed by atoms with Gasteiger partial charge in [-0.2, -0.15) is 0 Å². The van der Waals surface area contributed by atoms with E-state index in [9.17, 15) is 9.59 Å². The number of rotatable bonds is 5. The molecule has 2 amide bonds. The van der Waals surface area contributed by atoms with Gasteiger partial charge in [-0.1, -0.05) is 31.7 Å². The second-order valence-corrected chi connectivity index (χ2v) is 6.14. The summed E-state index contributed by atoms with van der Waals surface area (Å²) in [6.45, 7) is 0.614. The number of urea groups is 1. The molecular formula is C15H19BrN2O3. The lowest BCUT2D eigenvalue weighted by molar-refractivity contribution is 0.0698. The fourth-order valence-electron chi connectivity index (χ4n) is 2.68. The number of carboxylic acids is 1. The lowest BCUT2D eigenvalue weighted by Gasteiger charge is -2.13. The van der Waals surface area contributed by atoms with Crippen LogP contribution in [0.4, 0.5) is 10.5 Å². The van der Waals surface area contributed by atoms with E-state index in [1.165, 1.54) is 31.7 Å². The molecule has 0 aromatic heterocycles. The first kappa shape index (κ1) is 15.8. The summed E-state index contributed by atoms with van der Waals surface area (Å²) in [5.74, 6) is -0.360. The molecule has 2 rings (SSSR count). The van der Waals surface area contributed by atoms with Gasteiger partial charge in [-0.05, 0) is 40.4 Å². The monoisotopic (exact) mass is 354 g/mol. The smallest absolute Gasteiger partial charge is 0.337 e. The van der Waals surface area contributed by atoms with Gasteiger partial charge in [0.05, 0.1) is 11.3 Å². The van der Waals surface area contributed by atoms with Gasteiger partial charge in [0.25, 0.3) is 0 Å². The second-order valence-electron chi connectivity index (χ2n) is 5.29. The van der Waals surface area contributed by atoms with E-state index in [4.69, 9.17) is 5.11 Å². The molecule has 0 radical (unpaired) electrons. The Bertz CT molecular complexity index is 528. The Morgan fingerprint density at radius 1 is 1.29 bits per heavy atom. The zero-order chi connectivity index (χ0) is 15.2. The average Bonchev–Trinajstić information content (AvgIpc) is 2.94. The molecular weight excluding hydrogens is 336 g/mol. The van der Waals surface area contributed by atoms with Gasteiger partial charge in [-0.25, -0.2) is 9.59 Å². The molecule has 0 heterocycles. The van der Waals surface area contributed by atoms with Gasteiger partial charge in [0.15, 0.2) is 0 Å². The molecule has 1 aliphatic rings. The van der Waals surface area contributed by atoms with Crippen LogP contribution in [0.2, 0.25) is 0 Å². The third-order valence-corrected chi connectivity index (χ3v) is 4.46. The van der Waals surface area contributed by atoms with Gasteiger partial charge in [-0.15, -0.1) is 0 Å². The number of aromatic carboxylic acids is 1. The molecule has 1 fully saturated rings. The van der Waals surface area contributed by atoms with E-state index in [0.717, 1.165) is 6.42 Å². The van der Waals surface area contributed by atoms with Crippen LogP contribution in [0.15, 0.2) is 22.7 Å². The van der Waals surface area contributed by atoms with E-state index >= 15 is 0 Å². The highest BCUT2D eigenvalue weighted by Gasteiger charge is 2.17. The summed E-state index contributed by atoms with van der Waals surface area (Å²) >= 11 is 3.26. The van der Waals surface area contributed by atoms with E-state index in [1.807, 2.05) is 0 Å². The minimum atomic E-state index is -1.07. The summed E-state index contributed by atoms with van der Waals surface area (Å²) in [6, 6.07) is 4.40. The standard InChI is InChI=1S/C15H19BrN2O3/c16-12-7-3-6-11(14(19)20)13(12)18-15(21)17-9-8-10-4-1-2-5-10/h3,6-7,10H,1-2,4-5,8-9H2,(H,19,20)(H2,17,18,21). The van der Waals surface area contributed by atoms with E-state index in [2.05, 4.69) is 26.6 Å². The van der Waals surface area contributed by atoms with Crippen molar-refractivity contribution in [1.82, 2.24) is 5.32 Å². The van der Waals surface area contributed by atoms with Gasteiger partial charge in [0.2, 0.25) is 0 Å². The first-order chi connectivity index (χ1) is 10.1. The Hall–Kier alpha value is -1.56. The highest BCUT2D eigenvalue weighted by Crippen LogP contribution is 2.27. The number of para-hydroxylation sites is 1. The Morgan fingerprint density at radius 2 is 2.00 bits per heavy atom. The van der Waals surface area contributed by atoms with Crippen LogP contribution >= 0.6 is 15.9 Å². The largest absolute Gasteiger partial charge is 0.478 e. The highest BCUT2D eigenvalue weighted by molar-refractivity contribution is 9.10. The van der Waals surface area contributed by atoms with Crippen LogP contribution in [0.1, 0.15) is 42.5 Å². The van der Waals surface area contributed by atoms with Gasteiger partial charge in [-0.3, -0.25) is 0 Å². The zero-order valence-electron chi connectivity index (χ0n) is 11.7. The van der Waals surface area contributed by atoms with Crippen molar-refractivity contribution in [1.29, 1.82) is 0 Å². The molecule has 0 bridgehead atoms. The van der Waals surface area contributed by atoms with Crippen LogP contribution in [-0.4, -0.2) is 23.7 Å². The maximum absolute atomic E-state index is 11.9. The molecule has 114 valence electrons. The fourth-order valence-corrected chi connectivity index (χ4v) is 3.14. The van der Waals surface area contributed by atoms with Crippen molar-refractivity contribution in [3.8, 4) is 0 Å². The van der Waals surface area contributed by atoms with Crippen molar-refractivity contribution in [3.05, 3.63) is 28.2 Å². The average molecular weight is 355 g/mol. The summed E-state index contributed by atoms with van der Waals surface area (Å²) in [4.78, 5) is 23.0. The predicted octanol–water partition coefficient (Wildman–Crippen LogP) is 3.85. The molecule has 21 heavy (non-hydrogen) atoms. The number of hydrogen-bond donors (Lipinski definition) is 3. The SMILES string of the molecule is O=C(NCCC1CCCC1)Nc1c(Br)cccc1C(=O)O. The quantitative estimate of drug-likeness (QED) is 0.751. The van der Waals surface area contributed by atoms with Gasteiger partial charge in [0, 0.05) is 11.0 Å². The van der Waals surface area contributed by atoms with Gasteiger partial charge < -0.3 is 15.7 Å². The number of halogens is 1. The summed E-state index contributed by atoms with van der Waals surface area (Å²) in [6.07, 6.45) is 6.05. The zero-order valence-corrected chi connectivity index (χ0v) is 13.3. The van der Waals surface area contributed by atoms with Crippen molar-refractivity contribution in [2.24, 2.45) is 5.92 Å². The third kappa shape index (κ3) is 4.46. The summed E-state index contributed by atoms with van der Waals surface area (Å²) < 4.78 is 0.549. The van der Waals surface area contributed by atoms with Crippen LogP contribution in [0.3, 0.4) is 0 Å². The molecule has 1 aromatic carbocycles. The van der Waals surface area contributed by atoms with Crippen LogP contribution in [0.5, 0.6) is 0 Å². The Morgan fingerprint density at radius 3 is 2.67 bits per heavy atom. The number of carbonyl (C=O) groups excluding carboxylic acids is 1. The number of nitrogens with one attached hydrogen (secondary N) is 2. The molecule has 1 aromatic rings. The molecule has 0 aliphatic heterocycles. The van der Waals surface area contributed by atoms with E-state index in [1.54, 1.807) is 12.1 Å². The first-order valence-electron chi connectivity index (χ1n) is 7.14. The van der Waals surface area contributed by atoms with Crippen LogP contribution in [-0.2, 0) is 0 Å². The summed E-state index contributed by atoms with van der Waals surface area (Å²) in [7, 11) is 0.